The Hall–Kier alpha value is -4.74. The summed E-state index contributed by atoms with van der Waals surface area (Å²) in [5, 5.41) is 20.3. The van der Waals surface area contributed by atoms with Crippen LogP contribution in [-0.2, 0) is 5.75 Å². The van der Waals surface area contributed by atoms with Crippen LogP contribution in [0.15, 0.2) is 95.9 Å². The van der Waals surface area contributed by atoms with Gasteiger partial charge in [0.15, 0.2) is 0 Å². The van der Waals surface area contributed by atoms with E-state index < -0.39 is 0 Å². The van der Waals surface area contributed by atoms with Crippen LogP contribution in [0.1, 0.15) is 22.3 Å². The number of aryl methyl sites for hydroxylation is 2. The highest BCUT2D eigenvalue weighted by Crippen LogP contribution is 2.27. The Balaban J connectivity index is 1.30. The Labute approximate surface area is 226 Å². The van der Waals surface area contributed by atoms with Gasteiger partial charge in [0.05, 0.1) is 11.6 Å². The van der Waals surface area contributed by atoms with Gasteiger partial charge in [-0.1, -0.05) is 36.4 Å². The Morgan fingerprint density at radius 2 is 1.39 bits per heavy atom. The van der Waals surface area contributed by atoms with E-state index >= 15 is 0 Å². The van der Waals surface area contributed by atoms with E-state index in [2.05, 4.69) is 27.3 Å². The van der Waals surface area contributed by atoms with Crippen molar-refractivity contribution >= 4 is 46.6 Å². The first-order chi connectivity index (χ1) is 18.4. The average molecular weight is 522 g/mol. The van der Waals surface area contributed by atoms with Crippen LogP contribution in [0.5, 0.6) is 0 Å². The molecule has 0 fully saturated rings. The van der Waals surface area contributed by atoms with Crippen LogP contribution in [0.3, 0.4) is 0 Å². The van der Waals surface area contributed by atoms with Crippen molar-refractivity contribution in [3.63, 3.8) is 0 Å². The number of urea groups is 2. The van der Waals surface area contributed by atoms with Gasteiger partial charge in [-0.15, -0.1) is 11.8 Å². The Morgan fingerprint density at radius 3 is 2.08 bits per heavy atom. The third-order valence-corrected chi connectivity index (χ3v) is 6.77. The first-order valence-corrected chi connectivity index (χ1v) is 12.9. The molecule has 0 spiro atoms. The number of rotatable bonds is 7. The van der Waals surface area contributed by atoms with Crippen LogP contribution in [0.4, 0.5) is 32.3 Å². The summed E-state index contributed by atoms with van der Waals surface area (Å²) in [6.07, 6.45) is 0. The second-order valence-electron chi connectivity index (χ2n) is 8.63. The number of nitrogens with zero attached hydrogens (tertiary/aromatic N) is 1. The molecular formula is C30H27N5O2S. The standard InChI is InChI=1S/C30H27N5O2S/c1-20-6-3-4-9-27(20)34-30(37)33-25-7-5-8-26(17-25)38-19-23-12-15-28(21(2)16-23)35-29(36)32-24-13-10-22(18-31)11-14-24/h3-17H,19H2,1-2H3,(H2,32,35,36)(H2,33,34,37). The number of nitriles is 1. The van der Waals surface area contributed by atoms with Crippen molar-refractivity contribution < 1.29 is 9.59 Å². The summed E-state index contributed by atoms with van der Waals surface area (Å²) in [6.45, 7) is 3.90. The van der Waals surface area contributed by atoms with E-state index in [1.165, 1.54) is 0 Å². The van der Waals surface area contributed by atoms with E-state index in [0.717, 1.165) is 38.7 Å². The van der Waals surface area contributed by atoms with Gasteiger partial charge in [0.2, 0.25) is 0 Å². The molecule has 8 heteroatoms. The van der Waals surface area contributed by atoms with Crippen molar-refractivity contribution in [3.8, 4) is 6.07 Å². The van der Waals surface area contributed by atoms with E-state index in [9.17, 15) is 9.59 Å². The molecule has 4 N–H and O–H groups in total. The predicted octanol–water partition coefficient (Wildman–Crippen LogP) is 7.76. The summed E-state index contributed by atoms with van der Waals surface area (Å²) in [6, 6.07) is 29.3. The minimum Gasteiger partial charge on any atom is -0.308 e. The lowest BCUT2D eigenvalue weighted by molar-refractivity contribution is 0.261. The summed E-state index contributed by atoms with van der Waals surface area (Å²) in [4.78, 5) is 25.8. The molecule has 0 heterocycles. The van der Waals surface area contributed by atoms with Crippen molar-refractivity contribution in [2.75, 3.05) is 21.3 Å². The normalized spacial score (nSPS) is 10.2. The second kappa shape index (κ2) is 12.5. The Morgan fingerprint density at radius 1 is 0.711 bits per heavy atom. The molecule has 4 aromatic rings. The third-order valence-electron chi connectivity index (χ3n) is 5.70. The summed E-state index contributed by atoms with van der Waals surface area (Å²) >= 11 is 1.66. The second-order valence-corrected chi connectivity index (χ2v) is 9.68. The van der Waals surface area contributed by atoms with E-state index in [1.54, 1.807) is 36.0 Å². The minimum absolute atomic E-state index is 0.289. The molecule has 0 unspecified atom stereocenters. The molecule has 4 aromatic carbocycles. The number of para-hydroxylation sites is 1. The number of nitrogens with one attached hydrogen (secondary N) is 4. The van der Waals surface area contributed by atoms with E-state index in [4.69, 9.17) is 5.26 Å². The molecule has 38 heavy (non-hydrogen) atoms. The number of hydrogen-bond donors (Lipinski definition) is 4. The number of benzene rings is 4. The monoisotopic (exact) mass is 521 g/mol. The van der Waals surface area contributed by atoms with Crippen molar-refractivity contribution in [2.45, 2.75) is 24.5 Å². The van der Waals surface area contributed by atoms with Gasteiger partial charge in [-0.25, -0.2) is 9.59 Å². The molecule has 4 rings (SSSR count). The molecule has 0 radical (unpaired) electrons. The number of hydrogen-bond acceptors (Lipinski definition) is 4. The van der Waals surface area contributed by atoms with E-state index in [0.29, 0.717) is 16.9 Å². The lowest BCUT2D eigenvalue weighted by Gasteiger charge is -2.12. The number of thioether (sulfide) groups is 1. The molecule has 0 atom stereocenters. The number of amides is 4. The summed E-state index contributed by atoms with van der Waals surface area (Å²) in [7, 11) is 0. The molecule has 0 aliphatic rings. The number of carbonyl (C=O) groups is 2. The highest BCUT2D eigenvalue weighted by molar-refractivity contribution is 7.98. The molecule has 7 nitrogen and oxygen atoms in total. The first kappa shape index (κ1) is 26.3. The lowest BCUT2D eigenvalue weighted by atomic mass is 10.1. The van der Waals surface area contributed by atoms with Gasteiger partial charge in [0, 0.05) is 33.4 Å². The largest absolute Gasteiger partial charge is 0.323 e. The van der Waals surface area contributed by atoms with Gasteiger partial charge in [-0.2, -0.15) is 5.26 Å². The Kier molecular flexibility index (Phi) is 8.65. The van der Waals surface area contributed by atoms with Gasteiger partial charge < -0.3 is 21.3 Å². The molecule has 4 amide bonds. The molecule has 0 saturated carbocycles. The molecular weight excluding hydrogens is 494 g/mol. The molecule has 0 saturated heterocycles. The number of carbonyl (C=O) groups excluding carboxylic acids is 2. The molecule has 0 aliphatic carbocycles. The van der Waals surface area contributed by atoms with Gasteiger partial charge in [0.1, 0.15) is 0 Å². The maximum absolute atomic E-state index is 12.4. The quantitative estimate of drug-likeness (QED) is 0.187. The van der Waals surface area contributed by atoms with Crippen molar-refractivity contribution in [1.82, 2.24) is 0 Å². The zero-order valence-corrected chi connectivity index (χ0v) is 21.9. The SMILES string of the molecule is Cc1ccccc1NC(=O)Nc1cccc(SCc2ccc(NC(=O)Nc3ccc(C#N)cc3)c(C)c2)c1. The van der Waals surface area contributed by atoms with Crippen LogP contribution >= 0.6 is 11.8 Å². The van der Waals surface area contributed by atoms with Gasteiger partial charge in [-0.3, -0.25) is 0 Å². The van der Waals surface area contributed by atoms with Crippen LogP contribution in [-0.4, -0.2) is 12.1 Å². The predicted molar refractivity (Wildman–Crippen MR) is 155 cm³/mol. The fourth-order valence-electron chi connectivity index (χ4n) is 3.70. The topological polar surface area (TPSA) is 106 Å². The van der Waals surface area contributed by atoms with Gasteiger partial charge >= 0.3 is 12.1 Å². The summed E-state index contributed by atoms with van der Waals surface area (Å²) in [5.74, 6) is 0.734. The first-order valence-electron chi connectivity index (χ1n) is 11.9. The summed E-state index contributed by atoms with van der Waals surface area (Å²) in [5.41, 5.74) is 6.40. The van der Waals surface area contributed by atoms with Gasteiger partial charge in [-0.05, 0) is 85.1 Å². The van der Waals surface area contributed by atoms with Crippen LogP contribution in [0.25, 0.3) is 0 Å². The van der Waals surface area contributed by atoms with Crippen LogP contribution < -0.4 is 21.3 Å². The molecule has 0 aromatic heterocycles. The zero-order valence-electron chi connectivity index (χ0n) is 21.0. The van der Waals surface area contributed by atoms with Crippen LogP contribution in [0, 0.1) is 25.2 Å². The lowest BCUT2D eigenvalue weighted by Crippen LogP contribution is -2.20. The zero-order chi connectivity index (χ0) is 26.9. The molecule has 190 valence electrons. The van der Waals surface area contributed by atoms with Crippen molar-refractivity contribution in [3.05, 3.63) is 113 Å². The molecule has 0 aliphatic heterocycles. The highest BCUT2D eigenvalue weighted by Gasteiger charge is 2.08. The Bertz CT molecular complexity index is 1500. The molecule has 0 bridgehead atoms. The summed E-state index contributed by atoms with van der Waals surface area (Å²) < 4.78 is 0. The number of anilines is 4. The highest BCUT2D eigenvalue weighted by atomic mass is 32.2. The average Bonchev–Trinajstić information content (AvgIpc) is 2.91. The van der Waals surface area contributed by atoms with Gasteiger partial charge in [0.25, 0.3) is 0 Å². The van der Waals surface area contributed by atoms with Crippen molar-refractivity contribution in [2.24, 2.45) is 0 Å². The fraction of sp³-hybridized carbons (Fsp3) is 0.100. The maximum Gasteiger partial charge on any atom is 0.323 e. The maximum atomic E-state index is 12.4. The fourth-order valence-corrected chi connectivity index (χ4v) is 4.59. The van der Waals surface area contributed by atoms with E-state index in [1.807, 2.05) is 80.6 Å². The third kappa shape index (κ3) is 7.38. The van der Waals surface area contributed by atoms with Crippen molar-refractivity contribution in [1.29, 1.82) is 5.26 Å². The smallest absolute Gasteiger partial charge is 0.308 e. The minimum atomic E-state index is -0.351. The van der Waals surface area contributed by atoms with E-state index in [-0.39, 0.29) is 12.1 Å². The van der Waals surface area contributed by atoms with Crippen LogP contribution in [0.2, 0.25) is 0 Å².